The van der Waals surface area contributed by atoms with Gasteiger partial charge in [0, 0.05) is 26.8 Å². The minimum Gasteiger partial charge on any atom is -0.309 e. The lowest BCUT2D eigenvalue weighted by Crippen LogP contribution is -2.37. The van der Waals surface area contributed by atoms with E-state index >= 15 is 0 Å². The molecule has 0 unspecified atom stereocenters. The van der Waals surface area contributed by atoms with Crippen molar-refractivity contribution in [2.45, 2.75) is 46.1 Å². The zero-order valence-electron chi connectivity index (χ0n) is 18.1. The van der Waals surface area contributed by atoms with Gasteiger partial charge in [0.05, 0.1) is 5.69 Å². The highest BCUT2D eigenvalue weighted by Gasteiger charge is 2.22. The summed E-state index contributed by atoms with van der Waals surface area (Å²) in [5.41, 5.74) is 2.29. The lowest BCUT2D eigenvalue weighted by Gasteiger charge is -2.17. The van der Waals surface area contributed by atoms with Gasteiger partial charge in [-0.2, -0.15) is 4.98 Å². The molecule has 30 heavy (non-hydrogen) atoms. The van der Waals surface area contributed by atoms with Gasteiger partial charge in [-0.25, -0.2) is 4.79 Å². The van der Waals surface area contributed by atoms with Crippen LogP contribution >= 0.6 is 0 Å². The molecule has 4 rings (SSSR count). The Morgan fingerprint density at radius 1 is 1.03 bits per heavy atom. The Morgan fingerprint density at radius 2 is 1.77 bits per heavy atom. The third kappa shape index (κ3) is 3.18. The summed E-state index contributed by atoms with van der Waals surface area (Å²) in [5, 5.41) is 0. The molecule has 7 nitrogen and oxygen atoms in total. The van der Waals surface area contributed by atoms with E-state index in [4.69, 9.17) is 4.98 Å². The average Bonchev–Trinajstić information content (AvgIpc) is 3.31. The zero-order valence-corrected chi connectivity index (χ0v) is 18.1. The van der Waals surface area contributed by atoms with Gasteiger partial charge in [0.1, 0.15) is 0 Å². The molecular weight excluding hydrogens is 378 g/mol. The molecule has 0 fully saturated rings. The van der Waals surface area contributed by atoms with Crippen molar-refractivity contribution in [1.82, 2.24) is 23.1 Å². The van der Waals surface area contributed by atoms with Crippen LogP contribution in [0, 0.1) is 5.92 Å². The van der Waals surface area contributed by atoms with Gasteiger partial charge in [-0.3, -0.25) is 18.3 Å². The quantitative estimate of drug-likeness (QED) is 0.470. The van der Waals surface area contributed by atoms with Crippen molar-refractivity contribution >= 4 is 16.9 Å². The Labute approximate surface area is 175 Å². The highest BCUT2D eigenvalue weighted by molar-refractivity contribution is 5.78. The van der Waals surface area contributed by atoms with E-state index in [2.05, 4.69) is 30.5 Å². The van der Waals surface area contributed by atoms with Gasteiger partial charge in [-0.05, 0) is 17.9 Å². The van der Waals surface area contributed by atoms with E-state index in [1.54, 1.807) is 7.05 Å². The molecule has 0 radical (unpaired) electrons. The molecule has 0 N–H and O–H groups in total. The van der Waals surface area contributed by atoms with E-state index in [-0.39, 0.29) is 11.2 Å². The maximum absolute atomic E-state index is 12.9. The molecule has 0 aliphatic rings. The number of rotatable bonds is 7. The Bertz CT molecular complexity index is 1310. The summed E-state index contributed by atoms with van der Waals surface area (Å²) in [5.74, 6) is 1.23. The molecule has 0 aliphatic heterocycles. The van der Waals surface area contributed by atoms with Gasteiger partial charge < -0.3 is 4.57 Å². The van der Waals surface area contributed by atoms with Crippen LogP contribution < -0.4 is 11.2 Å². The highest BCUT2D eigenvalue weighted by atomic mass is 16.2. The summed E-state index contributed by atoms with van der Waals surface area (Å²) in [4.78, 5) is 30.1. The SMILES string of the molecule is CCCC[C@@H](CC)Cn1c(-c2ccccc2)cn2c3c(=O)n(C)c(=O)n(C)c3nc12. The van der Waals surface area contributed by atoms with Crippen molar-refractivity contribution in [1.29, 1.82) is 0 Å². The van der Waals surface area contributed by atoms with Crippen LogP contribution in [0.5, 0.6) is 0 Å². The number of hydrogen-bond acceptors (Lipinski definition) is 3. The summed E-state index contributed by atoms with van der Waals surface area (Å²) in [6.45, 7) is 5.27. The lowest BCUT2D eigenvalue weighted by molar-refractivity contribution is 0.396. The number of benzene rings is 1. The molecule has 0 aliphatic carbocycles. The monoisotopic (exact) mass is 407 g/mol. The normalized spacial score (nSPS) is 12.8. The van der Waals surface area contributed by atoms with Crippen molar-refractivity contribution in [3.05, 3.63) is 57.4 Å². The van der Waals surface area contributed by atoms with Gasteiger partial charge in [-0.1, -0.05) is 63.4 Å². The number of unbranched alkanes of at least 4 members (excludes halogenated alkanes) is 1. The van der Waals surface area contributed by atoms with Crippen LogP contribution in [0.25, 0.3) is 28.2 Å². The molecule has 3 aromatic heterocycles. The second-order valence-corrected chi connectivity index (χ2v) is 8.07. The molecule has 0 amide bonds. The molecule has 0 bridgehead atoms. The Hall–Kier alpha value is -3.09. The molecule has 3 heterocycles. The topological polar surface area (TPSA) is 66.2 Å². The summed E-state index contributed by atoms with van der Waals surface area (Å²) in [6, 6.07) is 10.2. The van der Waals surface area contributed by atoms with Crippen molar-refractivity contribution < 1.29 is 0 Å². The summed E-state index contributed by atoms with van der Waals surface area (Å²) >= 11 is 0. The zero-order chi connectivity index (χ0) is 21.4. The van der Waals surface area contributed by atoms with E-state index in [1.165, 1.54) is 24.5 Å². The molecule has 0 spiro atoms. The fourth-order valence-electron chi connectivity index (χ4n) is 4.21. The first-order valence-electron chi connectivity index (χ1n) is 10.7. The van der Waals surface area contributed by atoms with Crippen molar-refractivity contribution in [3.8, 4) is 11.3 Å². The maximum atomic E-state index is 12.9. The van der Waals surface area contributed by atoms with E-state index in [9.17, 15) is 9.59 Å². The van der Waals surface area contributed by atoms with Gasteiger partial charge >= 0.3 is 5.69 Å². The Kier molecular flexibility index (Phi) is 5.37. The third-order valence-electron chi connectivity index (χ3n) is 6.11. The lowest BCUT2D eigenvalue weighted by atomic mass is 9.99. The van der Waals surface area contributed by atoms with E-state index in [0.29, 0.717) is 22.9 Å². The van der Waals surface area contributed by atoms with Gasteiger partial charge in [-0.15, -0.1) is 0 Å². The third-order valence-corrected chi connectivity index (χ3v) is 6.11. The molecule has 7 heteroatoms. The van der Waals surface area contributed by atoms with Crippen molar-refractivity contribution in [3.63, 3.8) is 0 Å². The average molecular weight is 408 g/mol. The highest BCUT2D eigenvalue weighted by Crippen LogP contribution is 2.28. The molecule has 4 aromatic rings. The molecule has 1 aromatic carbocycles. The summed E-state index contributed by atoms with van der Waals surface area (Å²) < 4.78 is 6.66. The van der Waals surface area contributed by atoms with Crippen LogP contribution in [0.4, 0.5) is 0 Å². The minimum atomic E-state index is -0.363. The Morgan fingerprint density at radius 3 is 2.43 bits per heavy atom. The van der Waals surface area contributed by atoms with Crippen LogP contribution in [0.2, 0.25) is 0 Å². The van der Waals surface area contributed by atoms with E-state index in [0.717, 1.165) is 35.2 Å². The van der Waals surface area contributed by atoms with Gasteiger partial charge in [0.15, 0.2) is 11.2 Å². The summed E-state index contributed by atoms with van der Waals surface area (Å²) in [7, 11) is 3.17. The van der Waals surface area contributed by atoms with Crippen LogP contribution in [0.15, 0.2) is 46.1 Å². The Balaban J connectivity index is 2.00. The largest absolute Gasteiger partial charge is 0.332 e. The first-order chi connectivity index (χ1) is 14.5. The number of hydrogen-bond donors (Lipinski definition) is 0. The van der Waals surface area contributed by atoms with E-state index < -0.39 is 0 Å². The first kappa shape index (κ1) is 20.2. The molecule has 1 atom stereocenters. The number of aromatic nitrogens is 5. The van der Waals surface area contributed by atoms with Crippen LogP contribution in [-0.2, 0) is 20.6 Å². The maximum Gasteiger partial charge on any atom is 0.332 e. The second-order valence-electron chi connectivity index (χ2n) is 8.07. The van der Waals surface area contributed by atoms with Crippen molar-refractivity contribution in [2.24, 2.45) is 20.0 Å². The molecular formula is C23H29N5O2. The fourth-order valence-corrected chi connectivity index (χ4v) is 4.21. The van der Waals surface area contributed by atoms with Crippen LogP contribution in [0.1, 0.15) is 39.5 Å². The van der Waals surface area contributed by atoms with Gasteiger partial charge in [0.2, 0.25) is 5.78 Å². The van der Waals surface area contributed by atoms with Crippen molar-refractivity contribution in [2.75, 3.05) is 0 Å². The predicted molar refractivity (Wildman–Crippen MR) is 120 cm³/mol. The molecule has 0 saturated carbocycles. The minimum absolute atomic E-state index is 0.324. The number of fused-ring (bicyclic) bond motifs is 3. The fraction of sp³-hybridized carbons (Fsp3) is 0.435. The molecule has 0 saturated heterocycles. The van der Waals surface area contributed by atoms with Crippen LogP contribution in [-0.4, -0.2) is 23.1 Å². The molecule has 158 valence electrons. The van der Waals surface area contributed by atoms with E-state index in [1.807, 2.05) is 28.8 Å². The number of aryl methyl sites for hydroxylation is 1. The predicted octanol–water partition coefficient (Wildman–Crippen LogP) is 3.57. The smallest absolute Gasteiger partial charge is 0.309 e. The standard InChI is InChI=1S/C23H29N5O2/c1-5-7-11-16(6-2)14-27-18(17-12-9-8-10-13-17)15-28-19-20(24-22(27)28)25(3)23(30)26(4)21(19)29/h8-10,12-13,15-16H,5-7,11,14H2,1-4H3/t16-/m1/s1. The van der Waals surface area contributed by atoms with Crippen LogP contribution in [0.3, 0.4) is 0 Å². The van der Waals surface area contributed by atoms with Gasteiger partial charge in [0.25, 0.3) is 5.56 Å². The second kappa shape index (κ2) is 7.97. The number of imidazole rings is 2. The number of nitrogens with zero attached hydrogens (tertiary/aromatic N) is 5. The first-order valence-corrected chi connectivity index (χ1v) is 10.7. The summed E-state index contributed by atoms with van der Waals surface area (Å²) in [6.07, 6.45) is 6.60.